The molecule has 4 heterocycles. The normalized spacial score (nSPS) is 33.0. The number of carbonyl (C=O) groups excluding carboxylic acids is 1. The quantitative estimate of drug-likeness (QED) is 0.692. The van der Waals surface area contributed by atoms with Gasteiger partial charge in [-0.1, -0.05) is 0 Å². The molecule has 4 atom stereocenters. The van der Waals surface area contributed by atoms with Crippen molar-refractivity contribution in [3.8, 4) is 5.75 Å². The molecule has 7 nitrogen and oxygen atoms in total. The molecule has 1 amide bonds. The van der Waals surface area contributed by atoms with Crippen molar-refractivity contribution in [3.63, 3.8) is 0 Å². The lowest BCUT2D eigenvalue weighted by Gasteiger charge is -2.57. The second kappa shape index (κ2) is 8.24. The Bertz CT molecular complexity index is 1000. The van der Waals surface area contributed by atoms with Crippen molar-refractivity contribution >= 4 is 27.5 Å². The Morgan fingerprint density at radius 2 is 2.03 bits per heavy atom. The molecule has 2 aromatic rings. The summed E-state index contributed by atoms with van der Waals surface area (Å²) in [7, 11) is 0. The standard InChI is InChI=1S/C24H31N3O4S/c25-23(29)18(28)9-13-1-6-20-21(13)22-19(7-8-26-24(22)32-20)31-17-4-2-14(3-5-17)27-15-10-16(27)12-30-11-15/h7-8,13-18,28H,1-6,9-12H2,(H2,25,29)/t13-,14-,15-,16+,17-,18+/m1/s1. The Morgan fingerprint density at radius 3 is 2.75 bits per heavy atom. The van der Waals surface area contributed by atoms with Crippen LogP contribution in [0.3, 0.4) is 0 Å². The number of carbonyl (C=O) groups is 1. The number of rotatable bonds is 6. The van der Waals surface area contributed by atoms with E-state index in [2.05, 4.69) is 9.88 Å². The van der Waals surface area contributed by atoms with Crippen LogP contribution < -0.4 is 10.5 Å². The number of aliphatic hydroxyl groups is 1. The molecule has 0 radical (unpaired) electrons. The van der Waals surface area contributed by atoms with E-state index < -0.39 is 12.0 Å². The van der Waals surface area contributed by atoms with Gasteiger partial charge in [-0.3, -0.25) is 9.69 Å². The number of aliphatic hydroxyl groups excluding tert-OH is 1. The van der Waals surface area contributed by atoms with E-state index in [0.29, 0.717) is 24.5 Å². The zero-order valence-electron chi connectivity index (χ0n) is 18.2. The van der Waals surface area contributed by atoms with Crippen molar-refractivity contribution in [1.82, 2.24) is 9.88 Å². The fourth-order valence-corrected chi connectivity index (χ4v) is 7.71. The summed E-state index contributed by atoms with van der Waals surface area (Å²) < 4.78 is 12.3. The van der Waals surface area contributed by atoms with E-state index in [-0.39, 0.29) is 12.0 Å². The van der Waals surface area contributed by atoms with Gasteiger partial charge in [0.15, 0.2) is 0 Å². The van der Waals surface area contributed by atoms with Gasteiger partial charge in [0.2, 0.25) is 5.91 Å². The Hall–Kier alpha value is -1.74. The molecule has 0 spiro atoms. The van der Waals surface area contributed by atoms with E-state index in [0.717, 1.165) is 54.9 Å². The summed E-state index contributed by atoms with van der Waals surface area (Å²) in [5.74, 6) is 0.379. The smallest absolute Gasteiger partial charge is 0.246 e. The van der Waals surface area contributed by atoms with Gasteiger partial charge < -0.3 is 20.3 Å². The van der Waals surface area contributed by atoms with Gasteiger partial charge in [0.05, 0.1) is 24.7 Å². The van der Waals surface area contributed by atoms with E-state index in [1.54, 1.807) is 11.3 Å². The van der Waals surface area contributed by atoms with Gasteiger partial charge in [0.25, 0.3) is 0 Å². The number of thiophene rings is 1. The van der Waals surface area contributed by atoms with Crippen molar-refractivity contribution in [2.24, 2.45) is 5.73 Å². The molecule has 2 aliphatic carbocycles. The van der Waals surface area contributed by atoms with Gasteiger partial charge in [-0.15, -0.1) is 11.3 Å². The first-order valence-corrected chi connectivity index (χ1v) is 12.8. The number of morpholine rings is 1. The van der Waals surface area contributed by atoms with Crippen molar-refractivity contribution in [1.29, 1.82) is 0 Å². The third-order valence-corrected chi connectivity index (χ3v) is 9.17. The minimum atomic E-state index is -1.11. The number of pyridine rings is 1. The van der Waals surface area contributed by atoms with Gasteiger partial charge in [-0.05, 0) is 68.9 Å². The zero-order chi connectivity index (χ0) is 21.8. The molecule has 1 saturated carbocycles. The molecular formula is C24H31N3O4S. The lowest BCUT2D eigenvalue weighted by atomic mass is 9.83. The average molecular weight is 458 g/mol. The molecule has 2 aliphatic heterocycles. The molecule has 3 fully saturated rings. The van der Waals surface area contributed by atoms with E-state index in [4.69, 9.17) is 15.2 Å². The van der Waals surface area contributed by atoms with Crippen LogP contribution in [0.5, 0.6) is 5.75 Å². The van der Waals surface area contributed by atoms with Gasteiger partial charge in [0.1, 0.15) is 16.7 Å². The number of fused-ring (bicyclic) bond motifs is 5. The van der Waals surface area contributed by atoms with E-state index in [1.807, 2.05) is 12.3 Å². The molecule has 3 N–H and O–H groups in total. The van der Waals surface area contributed by atoms with Gasteiger partial charge >= 0.3 is 0 Å². The summed E-state index contributed by atoms with van der Waals surface area (Å²) >= 11 is 1.72. The fraction of sp³-hybridized carbons (Fsp3) is 0.667. The lowest BCUT2D eigenvalue weighted by Crippen LogP contribution is -2.67. The summed E-state index contributed by atoms with van der Waals surface area (Å²) in [4.78, 5) is 21.0. The number of nitrogens with two attached hydrogens (primary N) is 1. The maximum Gasteiger partial charge on any atom is 0.246 e. The Morgan fingerprint density at radius 1 is 1.25 bits per heavy atom. The summed E-state index contributed by atoms with van der Waals surface area (Å²) in [6.45, 7) is 1.80. The molecule has 6 rings (SSSR count). The van der Waals surface area contributed by atoms with Gasteiger partial charge in [-0.2, -0.15) is 0 Å². The molecule has 2 bridgehead atoms. The highest BCUT2D eigenvalue weighted by Gasteiger charge is 2.46. The van der Waals surface area contributed by atoms with Crippen molar-refractivity contribution in [2.45, 2.75) is 87.6 Å². The monoisotopic (exact) mass is 457 g/mol. The molecule has 0 aromatic carbocycles. The van der Waals surface area contributed by atoms with Gasteiger partial charge in [0, 0.05) is 29.2 Å². The van der Waals surface area contributed by atoms with Crippen LogP contribution in [0.1, 0.15) is 61.3 Å². The molecule has 8 heteroatoms. The molecule has 32 heavy (non-hydrogen) atoms. The van der Waals surface area contributed by atoms with Crippen LogP contribution in [0.25, 0.3) is 10.2 Å². The number of ether oxygens (including phenoxy) is 2. The van der Waals surface area contributed by atoms with E-state index in [9.17, 15) is 9.90 Å². The highest BCUT2D eigenvalue weighted by Crippen LogP contribution is 2.48. The first-order valence-electron chi connectivity index (χ1n) is 12.0. The molecule has 172 valence electrons. The number of aryl methyl sites for hydroxylation is 1. The molecule has 2 saturated heterocycles. The molecule has 4 aliphatic rings. The minimum Gasteiger partial charge on any atom is -0.490 e. The summed E-state index contributed by atoms with van der Waals surface area (Å²) in [6.07, 6.45) is 9.02. The van der Waals surface area contributed by atoms with Gasteiger partial charge in [-0.25, -0.2) is 4.98 Å². The summed E-state index contributed by atoms with van der Waals surface area (Å²) in [6, 6.07) is 3.93. The largest absolute Gasteiger partial charge is 0.490 e. The number of nitrogens with zero attached hydrogens (tertiary/aromatic N) is 2. The highest BCUT2D eigenvalue weighted by molar-refractivity contribution is 7.19. The van der Waals surface area contributed by atoms with E-state index in [1.165, 1.54) is 29.7 Å². The van der Waals surface area contributed by atoms with Crippen LogP contribution in [-0.4, -0.2) is 64.4 Å². The van der Waals surface area contributed by atoms with Crippen LogP contribution in [0.2, 0.25) is 0 Å². The van der Waals surface area contributed by atoms with Crippen LogP contribution in [-0.2, 0) is 16.0 Å². The minimum absolute atomic E-state index is 0.122. The maximum atomic E-state index is 11.4. The maximum absolute atomic E-state index is 11.4. The molecular weight excluding hydrogens is 426 g/mol. The van der Waals surface area contributed by atoms with Crippen LogP contribution in [0.4, 0.5) is 0 Å². The number of aromatic nitrogens is 1. The Kier molecular flexibility index (Phi) is 5.36. The SMILES string of the molecule is NC(=O)[C@@H](O)C[C@H]1CCc2sc3nccc(O[C@H]4CC[C@H](N5[C@@H]6COC[C@H]5C6)CC4)c3c21. The average Bonchev–Trinajstić information content (AvgIpc) is 3.35. The first kappa shape index (κ1) is 20.8. The highest BCUT2D eigenvalue weighted by atomic mass is 32.1. The molecule has 0 unspecified atom stereocenters. The van der Waals surface area contributed by atoms with E-state index >= 15 is 0 Å². The van der Waals surface area contributed by atoms with Crippen molar-refractivity contribution in [3.05, 3.63) is 22.7 Å². The molecule has 2 aromatic heterocycles. The van der Waals surface area contributed by atoms with Crippen molar-refractivity contribution in [2.75, 3.05) is 13.2 Å². The second-order valence-corrected chi connectivity index (χ2v) is 11.0. The number of primary amides is 1. The summed E-state index contributed by atoms with van der Waals surface area (Å²) in [5, 5.41) is 11.2. The zero-order valence-corrected chi connectivity index (χ0v) is 19.1. The van der Waals surface area contributed by atoms with Crippen LogP contribution in [0.15, 0.2) is 12.3 Å². The Balaban J connectivity index is 1.18. The van der Waals surface area contributed by atoms with Crippen molar-refractivity contribution < 1.29 is 19.4 Å². The first-order chi connectivity index (χ1) is 15.6. The second-order valence-electron chi connectivity index (χ2n) is 9.89. The topological polar surface area (TPSA) is 97.9 Å². The van der Waals surface area contributed by atoms with Crippen LogP contribution >= 0.6 is 11.3 Å². The summed E-state index contributed by atoms with van der Waals surface area (Å²) in [5.41, 5.74) is 6.54. The lowest BCUT2D eigenvalue weighted by molar-refractivity contribution is -0.153. The third-order valence-electron chi connectivity index (χ3n) is 8.00. The fourth-order valence-electron chi connectivity index (χ4n) is 6.45. The third kappa shape index (κ3) is 3.52. The Labute approximate surface area is 191 Å². The number of hydrogen-bond acceptors (Lipinski definition) is 7. The van der Waals surface area contributed by atoms with Crippen LogP contribution in [0, 0.1) is 0 Å². The number of hydrogen-bond donors (Lipinski definition) is 2. The predicted molar refractivity (Wildman–Crippen MR) is 122 cm³/mol. The number of amides is 1. The predicted octanol–water partition coefficient (Wildman–Crippen LogP) is 2.73.